The molecule has 0 amide bonds. The Labute approximate surface area is 105 Å². The molecule has 0 aromatic heterocycles. The van der Waals surface area contributed by atoms with E-state index in [0.717, 1.165) is 0 Å². The highest BCUT2D eigenvalue weighted by Gasteiger charge is 2.23. The summed E-state index contributed by atoms with van der Waals surface area (Å²) in [5.74, 6) is -1.70. The SMILES string of the molecule is CCC(NC(C)c1c(F)cccc1F)C(=O)OC. The highest BCUT2D eigenvalue weighted by Crippen LogP contribution is 2.21. The Kier molecular flexibility index (Phi) is 5.22. The molecule has 0 aliphatic heterocycles. The van der Waals surface area contributed by atoms with E-state index >= 15 is 0 Å². The molecule has 0 spiro atoms. The Morgan fingerprint density at radius 1 is 1.39 bits per heavy atom. The minimum atomic E-state index is -0.630. The van der Waals surface area contributed by atoms with E-state index in [0.29, 0.717) is 6.42 Å². The minimum Gasteiger partial charge on any atom is -0.468 e. The first-order chi connectivity index (χ1) is 8.51. The van der Waals surface area contributed by atoms with E-state index in [1.807, 2.05) is 0 Å². The first-order valence-electron chi connectivity index (χ1n) is 5.79. The summed E-state index contributed by atoms with van der Waals surface area (Å²) in [6.07, 6.45) is 0.479. The Bertz CT molecular complexity index is 403. The monoisotopic (exact) mass is 257 g/mol. The highest BCUT2D eigenvalue weighted by atomic mass is 19.1. The third-order valence-corrected chi connectivity index (χ3v) is 2.78. The van der Waals surface area contributed by atoms with E-state index in [1.165, 1.54) is 25.3 Å². The van der Waals surface area contributed by atoms with Gasteiger partial charge in [-0.1, -0.05) is 13.0 Å². The molecule has 0 saturated heterocycles. The van der Waals surface area contributed by atoms with Crippen molar-refractivity contribution in [1.82, 2.24) is 5.32 Å². The summed E-state index contributed by atoms with van der Waals surface area (Å²) in [7, 11) is 1.28. The molecule has 0 heterocycles. The van der Waals surface area contributed by atoms with Crippen LogP contribution in [-0.2, 0) is 9.53 Å². The maximum absolute atomic E-state index is 13.5. The van der Waals surface area contributed by atoms with Crippen molar-refractivity contribution in [2.75, 3.05) is 7.11 Å². The third kappa shape index (κ3) is 3.26. The van der Waals surface area contributed by atoms with E-state index in [9.17, 15) is 13.6 Å². The van der Waals surface area contributed by atoms with Crippen LogP contribution in [0.2, 0.25) is 0 Å². The minimum absolute atomic E-state index is 0.0696. The molecule has 18 heavy (non-hydrogen) atoms. The molecular weight excluding hydrogens is 240 g/mol. The van der Waals surface area contributed by atoms with Crippen molar-refractivity contribution in [3.8, 4) is 0 Å². The lowest BCUT2D eigenvalue weighted by Gasteiger charge is -2.21. The summed E-state index contributed by atoms with van der Waals surface area (Å²) in [5, 5.41) is 2.86. The van der Waals surface area contributed by atoms with Crippen LogP contribution in [0.5, 0.6) is 0 Å². The second-order valence-corrected chi connectivity index (χ2v) is 4.01. The fourth-order valence-corrected chi connectivity index (χ4v) is 1.80. The molecule has 0 saturated carbocycles. The molecule has 2 unspecified atom stereocenters. The zero-order valence-corrected chi connectivity index (χ0v) is 10.7. The van der Waals surface area contributed by atoms with E-state index in [4.69, 9.17) is 0 Å². The van der Waals surface area contributed by atoms with Gasteiger partial charge in [0.2, 0.25) is 0 Å². The number of halogens is 2. The van der Waals surface area contributed by atoms with Crippen LogP contribution in [0.3, 0.4) is 0 Å². The Hall–Kier alpha value is -1.49. The maximum atomic E-state index is 13.5. The molecule has 1 aromatic rings. The molecule has 1 rings (SSSR count). The van der Waals surface area contributed by atoms with Gasteiger partial charge in [-0.15, -0.1) is 0 Å². The number of hydrogen-bond acceptors (Lipinski definition) is 3. The second-order valence-electron chi connectivity index (χ2n) is 4.01. The first kappa shape index (κ1) is 14.6. The standard InChI is InChI=1S/C13H17F2NO2/c1-4-11(13(17)18-3)16-8(2)12-9(14)6-5-7-10(12)15/h5-8,11,16H,4H2,1-3H3. The first-order valence-corrected chi connectivity index (χ1v) is 5.79. The van der Waals surface area contributed by atoms with Gasteiger partial charge >= 0.3 is 5.97 Å². The van der Waals surface area contributed by atoms with Crippen molar-refractivity contribution in [2.24, 2.45) is 0 Å². The molecule has 0 radical (unpaired) electrons. The molecule has 0 fully saturated rings. The van der Waals surface area contributed by atoms with Crippen LogP contribution in [0, 0.1) is 11.6 Å². The number of carbonyl (C=O) groups is 1. The molecule has 0 bridgehead atoms. The normalized spacial score (nSPS) is 14.1. The third-order valence-electron chi connectivity index (χ3n) is 2.78. The average Bonchev–Trinajstić information content (AvgIpc) is 2.34. The van der Waals surface area contributed by atoms with Crippen LogP contribution in [0.4, 0.5) is 8.78 Å². The van der Waals surface area contributed by atoms with Crippen LogP contribution in [0.1, 0.15) is 31.9 Å². The number of ether oxygens (including phenoxy) is 1. The van der Waals surface area contributed by atoms with Crippen LogP contribution in [0.25, 0.3) is 0 Å². The fourth-order valence-electron chi connectivity index (χ4n) is 1.80. The lowest BCUT2D eigenvalue weighted by molar-refractivity contribution is -0.143. The van der Waals surface area contributed by atoms with Crippen molar-refractivity contribution < 1.29 is 18.3 Å². The topological polar surface area (TPSA) is 38.3 Å². The van der Waals surface area contributed by atoms with Gasteiger partial charge < -0.3 is 4.74 Å². The van der Waals surface area contributed by atoms with Crippen LogP contribution in [-0.4, -0.2) is 19.1 Å². The molecule has 5 heteroatoms. The summed E-state index contributed by atoms with van der Waals surface area (Å²) >= 11 is 0. The second kappa shape index (κ2) is 6.44. The van der Waals surface area contributed by atoms with Gasteiger partial charge in [0, 0.05) is 11.6 Å². The molecular formula is C13H17F2NO2. The van der Waals surface area contributed by atoms with E-state index < -0.39 is 29.7 Å². The lowest BCUT2D eigenvalue weighted by atomic mass is 10.1. The quantitative estimate of drug-likeness (QED) is 0.824. The molecule has 1 N–H and O–H groups in total. The van der Waals surface area contributed by atoms with Crippen molar-refractivity contribution in [2.45, 2.75) is 32.4 Å². The number of hydrogen-bond donors (Lipinski definition) is 1. The number of rotatable bonds is 5. The van der Waals surface area contributed by atoms with E-state index in [2.05, 4.69) is 10.1 Å². The van der Waals surface area contributed by atoms with Gasteiger partial charge in [0.05, 0.1) is 7.11 Å². The summed E-state index contributed by atoms with van der Waals surface area (Å²) in [5.41, 5.74) is -0.0696. The van der Waals surface area contributed by atoms with Gasteiger partial charge in [0.1, 0.15) is 17.7 Å². The number of esters is 1. The summed E-state index contributed by atoms with van der Waals surface area (Å²) in [6, 6.07) is 2.49. The molecule has 0 aliphatic carbocycles. The largest absolute Gasteiger partial charge is 0.468 e. The number of nitrogens with one attached hydrogen (secondary N) is 1. The zero-order chi connectivity index (χ0) is 13.7. The fraction of sp³-hybridized carbons (Fsp3) is 0.462. The maximum Gasteiger partial charge on any atom is 0.322 e. The van der Waals surface area contributed by atoms with Gasteiger partial charge in [-0.25, -0.2) is 8.78 Å². The molecule has 2 atom stereocenters. The van der Waals surface area contributed by atoms with Gasteiger partial charge in [-0.2, -0.15) is 0 Å². The van der Waals surface area contributed by atoms with Gasteiger partial charge in [-0.05, 0) is 25.5 Å². The predicted molar refractivity (Wildman–Crippen MR) is 64.0 cm³/mol. The molecule has 0 aliphatic rings. The molecule has 3 nitrogen and oxygen atoms in total. The van der Waals surface area contributed by atoms with E-state index in [1.54, 1.807) is 13.8 Å². The summed E-state index contributed by atoms with van der Waals surface area (Å²) < 4.78 is 31.7. The van der Waals surface area contributed by atoms with Crippen LogP contribution >= 0.6 is 0 Å². The number of benzene rings is 1. The smallest absolute Gasteiger partial charge is 0.322 e. The van der Waals surface area contributed by atoms with Gasteiger partial charge in [0.25, 0.3) is 0 Å². The number of carbonyl (C=O) groups excluding carboxylic acids is 1. The van der Waals surface area contributed by atoms with Crippen LogP contribution in [0.15, 0.2) is 18.2 Å². The summed E-state index contributed by atoms with van der Waals surface area (Å²) in [6.45, 7) is 3.39. The number of methoxy groups -OCH3 is 1. The predicted octanol–water partition coefficient (Wildman–Crippen LogP) is 2.57. The van der Waals surface area contributed by atoms with Crippen molar-refractivity contribution in [1.29, 1.82) is 0 Å². The Balaban J connectivity index is 2.87. The van der Waals surface area contributed by atoms with Crippen LogP contribution < -0.4 is 5.32 Å². The van der Waals surface area contributed by atoms with Crippen molar-refractivity contribution in [3.63, 3.8) is 0 Å². The summed E-state index contributed by atoms with van der Waals surface area (Å²) in [4.78, 5) is 11.4. The van der Waals surface area contributed by atoms with Gasteiger partial charge in [0.15, 0.2) is 0 Å². The highest BCUT2D eigenvalue weighted by molar-refractivity contribution is 5.75. The van der Waals surface area contributed by atoms with Gasteiger partial charge in [-0.3, -0.25) is 10.1 Å². The molecule has 100 valence electrons. The van der Waals surface area contributed by atoms with Crippen molar-refractivity contribution in [3.05, 3.63) is 35.4 Å². The Morgan fingerprint density at radius 3 is 2.39 bits per heavy atom. The Morgan fingerprint density at radius 2 is 1.94 bits per heavy atom. The lowest BCUT2D eigenvalue weighted by Crippen LogP contribution is -2.39. The molecule has 1 aromatic carbocycles. The van der Waals surface area contributed by atoms with Crippen molar-refractivity contribution >= 4 is 5.97 Å². The zero-order valence-electron chi connectivity index (χ0n) is 10.7. The van der Waals surface area contributed by atoms with E-state index in [-0.39, 0.29) is 5.56 Å². The average molecular weight is 257 g/mol.